The topological polar surface area (TPSA) is 146 Å². The molecule has 0 saturated carbocycles. The Balaban J connectivity index is 1.84. The Hall–Kier alpha value is -3.23. The van der Waals surface area contributed by atoms with E-state index in [1.54, 1.807) is 14.0 Å². The van der Waals surface area contributed by atoms with Crippen molar-refractivity contribution in [3.05, 3.63) is 40.7 Å². The van der Waals surface area contributed by atoms with Gasteiger partial charge in [-0.05, 0) is 34.7 Å². The van der Waals surface area contributed by atoms with Gasteiger partial charge in [-0.1, -0.05) is 0 Å². The van der Waals surface area contributed by atoms with Gasteiger partial charge in [-0.25, -0.2) is 14.2 Å². The third kappa shape index (κ3) is 4.54. The van der Waals surface area contributed by atoms with Gasteiger partial charge < -0.3 is 0 Å². The summed E-state index contributed by atoms with van der Waals surface area (Å²) in [7, 11) is -0.0608. The number of halogens is 2. The van der Waals surface area contributed by atoms with Crippen LogP contribution in [0.3, 0.4) is 0 Å². The number of hydrogen-bond acceptors (Lipinski definition) is 9. The molecule has 3 aromatic rings. The van der Waals surface area contributed by atoms with Crippen LogP contribution in [0.25, 0.3) is 0 Å². The van der Waals surface area contributed by atoms with Crippen molar-refractivity contribution in [2.24, 2.45) is 7.05 Å². The number of nitrogens with zero attached hydrogens (tertiary/aromatic N) is 9. The molecule has 3 rings (SSSR count). The van der Waals surface area contributed by atoms with Crippen LogP contribution in [-0.2, 0) is 29.4 Å². The smallest absolute Gasteiger partial charge is 0.267 e. The quantitative estimate of drug-likeness (QED) is 0.551. The molecule has 0 bridgehead atoms. The second-order valence-corrected chi connectivity index (χ2v) is 6.99. The minimum absolute atomic E-state index is 0.0280. The number of rotatable bonds is 7. The zero-order chi connectivity index (χ0) is 20.3. The second kappa shape index (κ2) is 8.20. The van der Waals surface area contributed by atoms with Crippen LogP contribution in [0.15, 0.2) is 12.1 Å². The minimum Gasteiger partial charge on any atom is -0.267 e. The van der Waals surface area contributed by atoms with Gasteiger partial charge in [-0.2, -0.15) is 4.80 Å². The molecule has 12 nitrogen and oxygen atoms in total. The second-order valence-electron chi connectivity index (χ2n) is 5.53. The maximum Gasteiger partial charge on any atom is 0.280 e. The Morgan fingerprint density at radius 1 is 1.25 bits per heavy atom. The fraction of sp³-hybridized carbons (Fsp3) is 0.385. The molecule has 3 heterocycles. The molecular formula is C13H14F2N10O2S. The molecule has 0 aliphatic rings. The highest BCUT2D eigenvalue weighted by Crippen LogP contribution is 2.20. The number of pyridine rings is 1. The van der Waals surface area contributed by atoms with E-state index >= 15 is 0 Å². The number of alkyl halides is 2. The van der Waals surface area contributed by atoms with E-state index in [0.717, 1.165) is 10.9 Å². The number of amides is 1. The van der Waals surface area contributed by atoms with Crippen LogP contribution in [-0.4, -0.2) is 55.6 Å². The predicted molar refractivity (Wildman–Crippen MR) is 89.8 cm³/mol. The molecule has 0 aliphatic carbocycles. The third-order valence-electron chi connectivity index (χ3n) is 3.43. The molecule has 15 heteroatoms. The first kappa shape index (κ1) is 19.5. The molecule has 0 spiro atoms. The summed E-state index contributed by atoms with van der Waals surface area (Å²) in [4.78, 5) is 18.5. The van der Waals surface area contributed by atoms with E-state index < -0.39 is 28.8 Å². The summed E-state index contributed by atoms with van der Waals surface area (Å²) in [5.74, 6) is -0.476. The Morgan fingerprint density at radius 3 is 2.64 bits per heavy atom. The fourth-order valence-corrected chi connectivity index (χ4v) is 3.21. The van der Waals surface area contributed by atoms with Gasteiger partial charge in [0.15, 0.2) is 11.6 Å². The first-order chi connectivity index (χ1) is 13.3. The summed E-state index contributed by atoms with van der Waals surface area (Å²) in [5.41, 5.74) is 1.79. The number of nitrogens with one attached hydrogen (secondary N) is 1. The van der Waals surface area contributed by atoms with Crippen molar-refractivity contribution in [3.63, 3.8) is 0 Å². The van der Waals surface area contributed by atoms with Gasteiger partial charge >= 0.3 is 0 Å². The molecule has 1 N–H and O–H groups in total. The van der Waals surface area contributed by atoms with Crippen LogP contribution >= 0.6 is 0 Å². The summed E-state index contributed by atoms with van der Waals surface area (Å²) < 4.78 is 38.5. The average molecular weight is 412 g/mol. The molecule has 0 radical (unpaired) electrons. The van der Waals surface area contributed by atoms with Crippen molar-refractivity contribution < 1.29 is 17.8 Å². The van der Waals surface area contributed by atoms with Crippen molar-refractivity contribution in [2.45, 2.75) is 24.9 Å². The number of aryl methyl sites for hydroxylation is 2. The first-order valence-electron chi connectivity index (χ1n) is 7.75. The maximum atomic E-state index is 13.0. The van der Waals surface area contributed by atoms with E-state index in [2.05, 4.69) is 41.3 Å². The summed E-state index contributed by atoms with van der Waals surface area (Å²) in [6.45, 7) is 1.56. The van der Waals surface area contributed by atoms with Gasteiger partial charge in [-0.3, -0.25) is 14.0 Å². The molecule has 0 aliphatic heterocycles. The van der Waals surface area contributed by atoms with E-state index in [4.69, 9.17) is 0 Å². The van der Waals surface area contributed by atoms with Crippen molar-refractivity contribution in [1.82, 2.24) is 45.5 Å². The molecule has 1 atom stereocenters. The molecule has 0 aromatic carbocycles. The first-order valence-corrected chi connectivity index (χ1v) is 9.24. The van der Waals surface area contributed by atoms with Crippen molar-refractivity contribution >= 4 is 16.7 Å². The molecule has 28 heavy (non-hydrogen) atoms. The van der Waals surface area contributed by atoms with Gasteiger partial charge in [0.2, 0.25) is 0 Å². The number of aromatic nitrogens is 9. The van der Waals surface area contributed by atoms with Crippen LogP contribution in [0.5, 0.6) is 0 Å². The lowest BCUT2D eigenvalue weighted by Gasteiger charge is -2.11. The SMILES string of the molecule is Cc1nnnn1NC(=O)c1ccc(C(F)F)nc1CS(=O)Cc1nnn(C)n1. The zero-order valence-corrected chi connectivity index (χ0v) is 15.5. The molecular weight excluding hydrogens is 398 g/mol. The fourth-order valence-electron chi connectivity index (χ4n) is 2.18. The molecule has 1 amide bonds. The molecule has 0 saturated heterocycles. The lowest BCUT2D eigenvalue weighted by atomic mass is 10.1. The minimum atomic E-state index is -2.84. The van der Waals surface area contributed by atoms with E-state index in [1.807, 2.05) is 0 Å². The Bertz CT molecular complexity index is 1020. The van der Waals surface area contributed by atoms with Crippen molar-refractivity contribution in [3.8, 4) is 0 Å². The average Bonchev–Trinajstić information content (AvgIpc) is 3.22. The molecule has 3 aromatic heterocycles. The van der Waals surface area contributed by atoms with Crippen LogP contribution in [0.1, 0.15) is 39.8 Å². The summed E-state index contributed by atoms with van der Waals surface area (Å²) in [6.07, 6.45) is -2.84. The van der Waals surface area contributed by atoms with Crippen molar-refractivity contribution in [2.75, 3.05) is 5.43 Å². The lowest BCUT2D eigenvalue weighted by molar-refractivity contribution is 0.100. The standard InChI is InChI=1S/C13H14F2N10O2S/c1-7-17-21-23-25(7)20-13(26)8-3-4-9(12(14)15)16-10(8)5-28(27)6-11-18-22-24(2)19-11/h3-4,12H,5-6H2,1-2H3,(H,20,26). The van der Waals surface area contributed by atoms with E-state index in [-0.39, 0.29) is 28.6 Å². The lowest BCUT2D eigenvalue weighted by Crippen LogP contribution is -2.27. The predicted octanol–water partition coefficient (Wildman–Crippen LogP) is -0.330. The van der Waals surface area contributed by atoms with Crippen LogP contribution in [0.4, 0.5) is 8.78 Å². The normalized spacial score (nSPS) is 12.3. The Morgan fingerprint density at radius 2 is 2.04 bits per heavy atom. The van der Waals surface area contributed by atoms with Crippen LogP contribution in [0, 0.1) is 6.92 Å². The largest absolute Gasteiger partial charge is 0.280 e. The van der Waals surface area contributed by atoms with E-state index in [9.17, 15) is 17.8 Å². The summed E-state index contributed by atoms with van der Waals surface area (Å²) in [6, 6.07) is 2.22. The highest BCUT2D eigenvalue weighted by molar-refractivity contribution is 7.83. The Kier molecular flexibility index (Phi) is 5.72. The molecule has 1 unspecified atom stereocenters. The number of tetrazole rings is 2. The van der Waals surface area contributed by atoms with Crippen LogP contribution < -0.4 is 5.43 Å². The van der Waals surface area contributed by atoms with Gasteiger partial charge in [0.05, 0.1) is 29.8 Å². The van der Waals surface area contributed by atoms with Gasteiger partial charge in [0.1, 0.15) is 5.69 Å². The van der Waals surface area contributed by atoms with E-state index in [0.29, 0.717) is 5.82 Å². The number of hydrogen-bond donors (Lipinski definition) is 1. The van der Waals surface area contributed by atoms with Gasteiger partial charge in [-0.15, -0.1) is 20.1 Å². The van der Waals surface area contributed by atoms with Gasteiger partial charge in [0.25, 0.3) is 12.3 Å². The highest BCUT2D eigenvalue weighted by Gasteiger charge is 2.20. The number of carbonyl (C=O) groups is 1. The van der Waals surface area contributed by atoms with E-state index in [1.165, 1.54) is 10.9 Å². The van der Waals surface area contributed by atoms with Crippen LogP contribution in [0.2, 0.25) is 0 Å². The monoisotopic (exact) mass is 412 g/mol. The summed E-state index contributed by atoms with van der Waals surface area (Å²) in [5, 5.41) is 21.8. The maximum absolute atomic E-state index is 13.0. The number of carbonyl (C=O) groups excluding carboxylic acids is 1. The Labute approximate surface area is 158 Å². The molecule has 148 valence electrons. The zero-order valence-electron chi connectivity index (χ0n) is 14.7. The highest BCUT2D eigenvalue weighted by atomic mass is 32.2. The summed E-state index contributed by atoms with van der Waals surface area (Å²) >= 11 is 0. The molecule has 0 fully saturated rings. The van der Waals surface area contributed by atoms with Gasteiger partial charge in [0, 0.05) is 10.8 Å². The van der Waals surface area contributed by atoms with Crippen molar-refractivity contribution in [1.29, 1.82) is 0 Å². The third-order valence-corrected chi connectivity index (χ3v) is 4.61.